The van der Waals surface area contributed by atoms with Crippen molar-refractivity contribution in [3.8, 4) is 11.1 Å². The summed E-state index contributed by atoms with van der Waals surface area (Å²) in [6, 6.07) is 10.4. The molecule has 176 valence electrons. The summed E-state index contributed by atoms with van der Waals surface area (Å²) in [6.07, 6.45) is 0.889. The summed E-state index contributed by atoms with van der Waals surface area (Å²) in [6.45, 7) is 0.558. The molecule has 2 aromatic rings. The maximum absolute atomic E-state index is 13.8. The lowest BCUT2D eigenvalue weighted by Gasteiger charge is -2.37. The summed E-state index contributed by atoms with van der Waals surface area (Å²) in [5.74, 6) is -3.93. The van der Waals surface area contributed by atoms with Crippen LogP contribution in [0.1, 0.15) is 53.9 Å². The molecule has 1 amide bonds. The van der Waals surface area contributed by atoms with Crippen LogP contribution in [0.3, 0.4) is 0 Å². The molecule has 1 unspecified atom stereocenters. The molecule has 1 N–H and O–H groups in total. The Morgan fingerprint density at radius 1 is 1.06 bits per heavy atom. The Kier molecular flexibility index (Phi) is 6.96. The summed E-state index contributed by atoms with van der Waals surface area (Å²) < 4.78 is 32.4. The molecular formula is C25H25Cl2F2NO3. The normalized spacial score (nSPS) is 21.5. The van der Waals surface area contributed by atoms with Crippen molar-refractivity contribution >= 4 is 35.1 Å². The Morgan fingerprint density at radius 3 is 2.18 bits per heavy atom. The first-order chi connectivity index (χ1) is 15.7. The van der Waals surface area contributed by atoms with Gasteiger partial charge in [-0.2, -0.15) is 0 Å². The van der Waals surface area contributed by atoms with E-state index in [1.807, 2.05) is 0 Å². The van der Waals surface area contributed by atoms with E-state index in [1.54, 1.807) is 36.4 Å². The quantitative estimate of drug-likeness (QED) is 0.482. The lowest BCUT2D eigenvalue weighted by atomic mass is 9.69. The van der Waals surface area contributed by atoms with E-state index in [2.05, 4.69) is 5.32 Å². The predicted molar refractivity (Wildman–Crippen MR) is 124 cm³/mol. The van der Waals surface area contributed by atoms with Crippen LogP contribution in [-0.4, -0.2) is 31.5 Å². The van der Waals surface area contributed by atoms with Crippen molar-refractivity contribution in [2.75, 3.05) is 13.7 Å². The minimum Gasteiger partial charge on any atom is -0.465 e. The number of amides is 1. The molecule has 8 heteroatoms. The number of alkyl halides is 2. The van der Waals surface area contributed by atoms with Crippen LogP contribution in [0, 0.1) is 11.8 Å². The zero-order valence-electron chi connectivity index (χ0n) is 18.2. The maximum atomic E-state index is 13.8. The molecule has 2 aromatic carbocycles. The van der Waals surface area contributed by atoms with Gasteiger partial charge >= 0.3 is 5.97 Å². The lowest BCUT2D eigenvalue weighted by molar-refractivity contribution is -0.123. The largest absolute Gasteiger partial charge is 0.465 e. The van der Waals surface area contributed by atoms with E-state index >= 15 is 0 Å². The average Bonchev–Trinajstić information content (AvgIpc) is 3.21. The molecule has 2 aliphatic rings. The number of rotatable bonds is 5. The van der Waals surface area contributed by atoms with Crippen molar-refractivity contribution in [1.29, 1.82) is 0 Å². The third-order valence-electron chi connectivity index (χ3n) is 6.85. The van der Waals surface area contributed by atoms with E-state index in [0.29, 0.717) is 47.0 Å². The number of carbonyl (C=O) groups excluding carboxylic acids is 2. The fourth-order valence-electron chi connectivity index (χ4n) is 5.13. The number of ether oxygens (including phenoxy) is 1. The standard InChI is InChI=1S/C25H25Cl2F2NO3/c1-33-24(32)16-4-2-14(3-5-16)17-12-19(26)22(20(27)13-17)21(18-8-11-30-23(18)31)15-6-9-25(28,29)10-7-15/h2-5,12-13,15,18,21H,6-11H2,1H3,(H,30,31)/t18?,21-/m1/s1. The molecule has 1 aliphatic heterocycles. The van der Waals surface area contributed by atoms with Gasteiger partial charge in [-0.25, -0.2) is 13.6 Å². The van der Waals surface area contributed by atoms with E-state index in [-0.39, 0.29) is 36.5 Å². The van der Waals surface area contributed by atoms with Crippen molar-refractivity contribution in [3.63, 3.8) is 0 Å². The van der Waals surface area contributed by atoms with E-state index in [0.717, 1.165) is 11.1 Å². The van der Waals surface area contributed by atoms with Crippen molar-refractivity contribution in [2.45, 2.75) is 43.9 Å². The fourth-order valence-corrected chi connectivity index (χ4v) is 5.87. The number of nitrogens with one attached hydrogen (secondary N) is 1. The summed E-state index contributed by atoms with van der Waals surface area (Å²) in [7, 11) is 1.32. The molecule has 33 heavy (non-hydrogen) atoms. The highest BCUT2D eigenvalue weighted by Crippen LogP contribution is 2.50. The second kappa shape index (κ2) is 9.59. The molecule has 0 spiro atoms. The van der Waals surface area contributed by atoms with Gasteiger partial charge in [0.1, 0.15) is 0 Å². The highest BCUT2D eigenvalue weighted by atomic mass is 35.5. The van der Waals surface area contributed by atoms with Crippen molar-refractivity contribution in [2.24, 2.45) is 11.8 Å². The Bertz CT molecular complexity index is 1030. The van der Waals surface area contributed by atoms with Crippen LogP contribution in [0.25, 0.3) is 11.1 Å². The van der Waals surface area contributed by atoms with Crippen LogP contribution in [0.4, 0.5) is 8.78 Å². The average molecular weight is 496 g/mol. The van der Waals surface area contributed by atoms with Gasteiger partial charge in [-0.15, -0.1) is 0 Å². The first-order valence-electron chi connectivity index (χ1n) is 11.0. The Morgan fingerprint density at radius 2 is 1.67 bits per heavy atom. The van der Waals surface area contributed by atoms with Crippen molar-refractivity contribution in [1.82, 2.24) is 5.32 Å². The Hall–Kier alpha value is -2.18. The number of halogens is 4. The number of methoxy groups -OCH3 is 1. The predicted octanol–water partition coefficient (Wildman–Crippen LogP) is 6.49. The minimum absolute atomic E-state index is 0.0769. The zero-order valence-corrected chi connectivity index (χ0v) is 19.7. The number of hydrogen-bond donors (Lipinski definition) is 1. The summed E-state index contributed by atoms with van der Waals surface area (Å²) >= 11 is 13.5. The van der Waals surface area contributed by atoms with Crippen LogP contribution in [0.5, 0.6) is 0 Å². The summed E-state index contributed by atoms with van der Waals surface area (Å²) in [5, 5.41) is 3.69. The van der Waals surface area contributed by atoms with Gasteiger partial charge in [0.05, 0.1) is 12.7 Å². The van der Waals surface area contributed by atoms with Crippen LogP contribution in [0.2, 0.25) is 10.0 Å². The molecule has 4 rings (SSSR count). The molecule has 1 aliphatic carbocycles. The van der Waals surface area contributed by atoms with Crippen molar-refractivity contribution in [3.05, 3.63) is 57.6 Å². The Balaban J connectivity index is 1.69. The van der Waals surface area contributed by atoms with E-state index in [4.69, 9.17) is 27.9 Å². The molecule has 1 saturated heterocycles. The topological polar surface area (TPSA) is 55.4 Å². The lowest BCUT2D eigenvalue weighted by Crippen LogP contribution is -2.33. The van der Waals surface area contributed by atoms with Gasteiger partial charge in [-0.05, 0) is 66.1 Å². The SMILES string of the molecule is COC(=O)c1ccc(-c2cc(Cl)c([C@H](C3CCC(F)(F)CC3)C3CCNC3=O)c(Cl)c2)cc1. The maximum Gasteiger partial charge on any atom is 0.337 e. The second-order valence-corrected chi connectivity index (χ2v) is 9.64. The van der Waals surface area contributed by atoms with Gasteiger partial charge in [0, 0.05) is 41.3 Å². The highest BCUT2D eigenvalue weighted by Gasteiger charge is 2.44. The molecule has 0 bridgehead atoms. The van der Waals surface area contributed by atoms with E-state index < -0.39 is 11.9 Å². The van der Waals surface area contributed by atoms with Gasteiger partial charge in [0.25, 0.3) is 0 Å². The second-order valence-electron chi connectivity index (χ2n) is 8.83. The highest BCUT2D eigenvalue weighted by molar-refractivity contribution is 6.36. The molecular weight excluding hydrogens is 471 g/mol. The van der Waals surface area contributed by atoms with Gasteiger partial charge in [-0.3, -0.25) is 4.79 Å². The third-order valence-corrected chi connectivity index (χ3v) is 7.47. The molecule has 4 nitrogen and oxygen atoms in total. The number of hydrogen-bond acceptors (Lipinski definition) is 3. The molecule has 1 saturated carbocycles. The van der Waals surface area contributed by atoms with E-state index in [9.17, 15) is 18.4 Å². The molecule has 0 radical (unpaired) electrons. The van der Waals surface area contributed by atoms with Crippen LogP contribution >= 0.6 is 23.2 Å². The molecule has 1 heterocycles. The first-order valence-corrected chi connectivity index (χ1v) is 11.8. The Labute approximate surface area is 201 Å². The van der Waals surface area contributed by atoms with Gasteiger partial charge in [0.15, 0.2) is 0 Å². The van der Waals surface area contributed by atoms with Gasteiger partial charge in [0.2, 0.25) is 11.8 Å². The number of esters is 1. The van der Waals surface area contributed by atoms with E-state index in [1.165, 1.54) is 7.11 Å². The molecule has 0 aromatic heterocycles. The van der Waals surface area contributed by atoms with Crippen LogP contribution < -0.4 is 5.32 Å². The van der Waals surface area contributed by atoms with Crippen LogP contribution in [-0.2, 0) is 9.53 Å². The van der Waals surface area contributed by atoms with Crippen molar-refractivity contribution < 1.29 is 23.1 Å². The summed E-state index contributed by atoms with van der Waals surface area (Å²) in [4.78, 5) is 24.3. The summed E-state index contributed by atoms with van der Waals surface area (Å²) in [5.41, 5.74) is 2.66. The monoisotopic (exact) mass is 495 g/mol. The number of carbonyl (C=O) groups is 2. The minimum atomic E-state index is -2.66. The smallest absolute Gasteiger partial charge is 0.337 e. The zero-order chi connectivity index (χ0) is 23.8. The first kappa shape index (κ1) is 24.0. The van der Waals surface area contributed by atoms with Crippen LogP contribution in [0.15, 0.2) is 36.4 Å². The molecule has 2 fully saturated rings. The van der Waals surface area contributed by atoms with Gasteiger partial charge in [-0.1, -0.05) is 35.3 Å². The third kappa shape index (κ3) is 5.02. The fraction of sp³-hybridized carbons (Fsp3) is 0.440. The number of benzene rings is 2. The van der Waals surface area contributed by atoms with Gasteiger partial charge < -0.3 is 10.1 Å². The molecule has 2 atom stereocenters.